The Morgan fingerprint density at radius 1 is 0.444 bits per heavy atom. The molecule has 0 saturated heterocycles. The van der Waals surface area contributed by atoms with Gasteiger partial charge >= 0.3 is 104 Å². The number of hydrogen-bond acceptors (Lipinski definition) is 0. The Morgan fingerprint density at radius 2 is 0.778 bits per heavy atom. The van der Waals surface area contributed by atoms with E-state index in [0.29, 0.717) is 0 Å². The Bertz CT molecular complexity index is 567. The molecule has 0 spiro atoms. The molecule has 0 aliphatic heterocycles. The van der Waals surface area contributed by atoms with Gasteiger partial charge in [-0.15, -0.1) is 0 Å². The zero-order chi connectivity index (χ0) is 13.8. The van der Waals surface area contributed by atoms with E-state index in [0.717, 1.165) is 17.7 Å². The van der Waals surface area contributed by atoms with E-state index >= 15 is 0 Å². The predicted octanol–water partition coefficient (Wildman–Crippen LogP) is 2.61. The molecule has 0 heterocycles. The van der Waals surface area contributed by atoms with Gasteiger partial charge in [0.05, 0.1) is 0 Å². The van der Waals surface area contributed by atoms with Gasteiger partial charge in [-0.05, 0) is 0 Å². The Labute approximate surface area is 105 Å². The van der Waals surface area contributed by atoms with Crippen molar-refractivity contribution < 1.29 is 30.7 Å². The van der Waals surface area contributed by atoms with Gasteiger partial charge < -0.3 is 0 Å². The number of halogens is 7. The molecule has 0 unspecified atom stereocenters. The van der Waals surface area contributed by atoms with E-state index in [1.807, 2.05) is 0 Å². The fourth-order valence-corrected chi connectivity index (χ4v) is 1.67. The molecule has 2 aromatic carbocycles. The van der Waals surface area contributed by atoms with E-state index in [1.54, 1.807) is 0 Å². The van der Waals surface area contributed by atoms with Crippen molar-refractivity contribution >= 4 is 32.7 Å². The molecule has 0 aliphatic rings. The first-order valence-corrected chi connectivity index (χ1v) is 4.57. The Hall–Kier alpha value is -1.19. The van der Waals surface area contributed by atoms with Crippen LogP contribution in [-0.4, -0.2) is 17.7 Å². The Morgan fingerprint density at radius 3 is 1.22 bits per heavy atom. The number of rotatable bonds is 0. The van der Waals surface area contributed by atoms with Crippen LogP contribution in [0.2, 0.25) is 0 Å². The average Bonchev–Trinajstić information content (AvgIpc) is 2.35. The molecule has 0 N–H and O–H groups in total. The topological polar surface area (TPSA) is 0 Å². The first-order chi connectivity index (χ1) is 8.29. The summed E-state index contributed by atoms with van der Waals surface area (Å²) in [4.78, 5) is 0. The van der Waals surface area contributed by atoms with Gasteiger partial charge in [0.25, 0.3) is 0 Å². The maximum atomic E-state index is 13.4. The molecule has 8 heteroatoms. The molecule has 0 saturated carbocycles. The maximum absolute atomic E-state index is 13.4. The Balaban J connectivity index is 3.22. The average molecular weight is 260 g/mol. The first-order valence-electron chi connectivity index (χ1n) is 4.57. The van der Waals surface area contributed by atoms with E-state index in [9.17, 15) is 30.7 Å². The monoisotopic (exact) mass is 260 g/mol. The van der Waals surface area contributed by atoms with Gasteiger partial charge in [-0.1, -0.05) is 0 Å². The molecule has 2 rings (SSSR count). The van der Waals surface area contributed by atoms with Crippen LogP contribution in [0.15, 0.2) is 0 Å². The number of hydrogen-bond donors (Lipinski definition) is 0. The van der Waals surface area contributed by atoms with Gasteiger partial charge in [-0.2, -0.15) is 0 Å². The van der Waals surface area contributed by atoms with E-state index in [2.05, 4.69) is 0 Å². The molecule has 2 aromatic rings. The second kappa shape index (κ2) is 4.18. The standard InChI is InChI=1S/C10F7.Li/c11-3-1-2-4(7(14)6(3)13)8(15)10(17)9(16)5(2)12;. The molecule has 90 valence electrons. The minimum atomic E-state index is -2.29. The van der Waals surface area contributed by atoms with Crippen molar-refractivity contribution in [2.75, 3.05) is 0 Å². The normalized spacial score (nSPS) is 11.4. The number of fused-ring (bicyclic) bond motifs is 1. The van der Waals surface area contributed by atoms with Gasteiger partial charge in [0, 0.05) is 0 Å². The SMILES string of the molecule is [Li][c]1c(F)c(F)c(F)c2c(F)c(F)c(F)c(F)c12. The minimum absolute atomic E-state index is 0.792. The zero-order valence-electron chi connectivity index (χ0n) is 8.65. The van der Waals surface area contributed by atoms with E-state index in [-0.39, 0.29) is 0 Å². The molecular formula is C10F7Li. The van der Waals surface area contributed by atoms with Crippen molar-refractivity contribution in [2.45, 2.75) is 0 Å². The van der Waals surface area contributed by atoms with Gasteiger partial charge in [0.15, 0.2) is 0 Å². The van der Waals surface area contributed by atoms with Crippen molar-refractivity contribution in [1.82, 2.24) is 0 Å². The number of benzene rings is 2. The van der Waals surface area contributed by atoms with Crippen LogP contribution >= 0.6 is 0 Å². The fraction of sp³-hybridized carbons (Fsp3) is 0. The predicted molar refractivity (Wildman–Crippen MR) is 49.0 cm³/mol. The van der Waals surface area contributed by atoms with E-state index < -0.39 is 55.7 Å². The van der Waals surface area contributed by atoms with E-state index in [4.69, 9.17) is 0 Å². The summed E-state index contributed by atoms with van der Waals surface area (Å²) >= 11 is 0.792. The molecule has 0 radical (unpaired) electrons. The molecule has 0 fully saturated rings. The Kier molecular flexibility index (Phi) is 3.07. The van der Waals surface area contributed by atoms with Crippen molar-refractivity contribution in [1.29, 1.82) is 0 Å². The summed E-state index contributed by atoms with van der Waals surface area (Å²) in [5, 5.41) is -2.62. The van der Waals surface area contributed by atoms with Crippen LogP contribution < -0.4 is 4.24 Å². The zero-order valence-corrected chi connectivity index (χ0v) is 8.65. The van der Waals surface area contributed by atoms with Crippen molar-refractivity contribution in [3.63, 3.8) is 0 Å². The molecular weight excluding hydrogens is 260 g/mol. The van der Waals surface area contributed by atoms with Crippen LogP contribution in [0, 0.1) is 40.7 Å². The second-order valence-electron chi connectivity index (χ2n) is 3.57. The summed E-state index contributed by atoms with van der Waals surface area (Å²) in [7, 11) is 0. The third-order valence-electron chi connectivity index (χ3n) is 2.58. The van der Waals surface area contributed by atoms with Crippen molar-refractivity contribution in [3.05, 3.63) is 40.7 Å². The molecule has 0 amide bonds. The quantitative estimate of drug-likeness (QED) is 0.295. The van der Waals surface area contributed by atoms with Crippen LogP contribution in [0.5, 0.6) is 0 Å². The van der Waals surface area contributed by atoms with Gasteiger partial charge in [-0.25, -0.2) is 0 Å². The van der Waals surface area contributed by atoms with Crippen molar-refractivity contribution in [3.8, 4) is 0 Å². The van der Waals surface area contributed by atoms with E-state index in [1.165, 1.54) is 0 Å². The van der Waals surface area contributed by atoms with Gasteiger partial charge in [0.2, 0.25) is 0 Å². The van der Waals surface area contributed by atoms with Crippen LogP contribution in [0.3, 0.4) is 0 Å². The molecule has 0 aromatic heterocycles. The summed E-state index contributed by atoms with van der Waals surface area (Å²) in [5.74, 6) is -14.6. The van der Waals surface area contributed by atoms with Crippen LogP contribution in [0.25, 0.3) is 10.8 Å². The molecule has 0 aliphatic carbocycles. The second-order valence-corrected chi connectivity index (χ2v) is 3.57. The fourth-order valence-electron chi connectivity index (χ4n) is 1.67. The summed E-state index contributed by atoms with van der Waals surface area (Å²) in [6.07, 6.45) is 0. The van der Waals surface area contributed by atoms with Crippen LogP contribution in [0.4, 0.5) is 30.7 Å². The summed E-state index contributed by atoms with van der Waals surface area (Å²) in [5.41, 5.74) is 0. The summed E-state index contributed by atoms with van der Waals surface area (Å²) < 4.78 is 91.1. The summed E-state index contributed by atoms with van der Waals surface area (Å²) in [6.45, 7) is 0. The third kappa shape index (κ3) is 1.54. The van der Waals surface area contributed by atoms with Crippen LogP contribution in [0.1, 0.15) is 0 Å². The van der Waals surface area contributed by atoms with Gasteiger partial charge in [-0.3, -0.25) is 0 Å². The van der Waals surface area contributed by atoms with Crippen LogP contribution in [-0.2, 0) is 0 Å². The van der Waals surface area contributed by atoms with Gasteiger partial charge in [0.1, 0.15) is 0 Å². The molecule has 0 bridgehead atoms. The first kappa shape index (κ1) is 13.2. The van der Waals surface area contributed by atoms with Crippen molar-refractivity contribution in [2.24, 2.45) is 0 Å². The molecule has 18 heavy (non-hydrogen) atoms. The summed E-state index contributed by atoms with van der Waals surface area (Å²) in [6, 6.07) is 0. The molecule has 0 nitrogen and oxygen atoms in total. The third-order valence-corrected chi connectivity index (χ3v) is 2.58. The molecule has 0 atom stereocenters.